The molecule has 1 saturated heterocycles. The van der Waals surface area contributed by atoms with Crippen LogP contribution in [0.2, 0.25) is 0 Å². The molecule has 1 saturated carbocycles. The van der Waals surface area contributed by atoms with Gasteiger partial charge in [0, 0.05) is 0 Å². The zero-order chi connectivity index (χ0) is 13.6. The Kier molecular flexibility index (Phi) is 2.92. The molecule has 1 aliphatic heterocycles. The normalized spacial score (nSPS) is 30.6. The van der Waals surface area contributed by atoms with Gasteiger partial charge in [-0.15, -0.1) is 0 Å². The number of nitrogens with zero attached hydrogens (tertiary/aromatic N) is 1. The number of imide groups is 1. The molecule has 2 fully saturated rings. The van der Waals surface area contributed by atoms with Crippen molar-refractivity contribution in [2.24, 2.45) is 17.8 Å². The molecule has 3 nitrogen and oxygen atoms in total. The number of carbonyl (C=O) groups excluding carboxylic acids is 2. The topological polar surface area (TPSA) is 37.4 Å². The zero-order valence-corrected chi connectivity index (χ0v) is 11.4. The summed E-state index contributed by atoms with van der Waals surface area (Å²) >= 11 is 0. The Morgan fingerprint density at radius 1 is 1.05 bits per heavy atom. The monoisotopic (exact) mass is 257 g/mol. The van der Waals surface area contributed by atoms with Crippen LogP contribution in [0.4, 0.5) is 5.69 Å². The van der Waals surface area contributed by atoms with E-state index in [-0.39, 0.29) is 23.7 Å². The molecule has 2 aliphatic rings. The minimum Gasteiger partial charge on any atom is -0.274 e. The minimum absolute atomic E-state index is 0.0100. The van der Waals surface area contributed by atoms with Gasteiger partial charge in [0.15, 0.2) is 0 Å². The van der Waals surface area contributed by atoms with Gasteiger partial charge in [-0.3, -0.25) is 9.59 Å². The molecule has 19 heavy (non-hydrogen) atoms. The molecule has 3 rings (SSSR count). The van der Waals surface area contributed by atoms with Gasteiger partial charge in [-0.25, -0.2) is 4.90 Å². The molecular weight excluding hydrogens is 238 g/mol. The summed E-state index contributed by atoms with van der Waals surface area (Å²) in [7, 11) is 0. The molecule has 1 heterocycles. The van der Waals surface area contributed by atoms with Gasteiger partial charge in [0.05, 0.1) is 17.5 Å². The van der Waals surface area contributed by atoms with Crippen LogP contribution in [0, 0.1) is 24.7 Å². The van der Waals surface area contributed by atoms with Gasteiger partial charge < -0.3 is 0 Å². The van der Waals surface area contributed by atoms with Crippen LogP contribution in [-0.2, 0) is 9.59 Å². The first-order chi connectivity index (χ1) is 9.09. The fourth-order valence-corrected chi connectivity index (χ4v) is 3.44. The van der Waals surface area contributed by atoms with Crippen molar-refractivity contribution in [3.63, 3.8) is 0 Å². The highest BCUT2D eigenvalue weighted by Crippen LogP contribution is 2.42. The first kappa shape index (κ1) is 12.4. The fraction of sp³-hybridized carbons (Fsp3) is 0.500. The Morgan fingerprint density at radius 3 is 2.47 bits per heavy atom. The molecular formula is C16H19NO2. The lowest BCUT2D eigenvalue weighted by atomic mass is 9.76. The van der Waals surface area contributed by atoms with E-state index in [0.717, 1.165) is 30.5 Å². The summed E-state index contributed by atoms with van der Waals surface area (Å²) in [5.41, 5.74) is 1.75. The second-order valence-electron chi connectivity index (χ2n) is 5.93. The number of hydrogen-bond acceptors (Lipinski definition) is 2. The van der Waals surface area contributed by atoms with E-state index in [0.29, 0.717) is 5.92 Å². The zero-order valence-electron chi connectivity index (χ0n) is 11.4. The quantitative estimate of drug-likeness (QED) is 0.725. The van der Waals surface area contributed by atoms with Crippen LogP contribution in [0.25, 0.3) is 0 Å². The third-order valence-corrected chi connectivity index (χ3v) is 4.54. The van der Waals surface area contributed by atoms with Gasteiger partial charge in [-0.05, 0) is 43.7 Å². The summed E-state index contributed by atoms with van der Waals surface area (Å²) in [5.74, 6) is 0.404. The maximum absolute atomic E-state index is 12.6. The predicted molar refractivity (Wildman–Crippen MR) is 73.7 cm³/mol. The van der Waals surface area contributed by atoms with E-state index in [9.17, 15) is 9.59 Å². The van der Waals surface area contributed by atoms with E-state index < -0.39 is 0 Å². The first-order valence-electron chi connectivity index (χ1n) is 7.03. The lowest BCUT2D eigenvalue weighted by Gasteiger charge is -2.25. The number of fused-ring (bicyclic) bond motifs is 1. The van der Waals surface area contributed by atoms with Crippen LogP contribution in [0.5, 0.6) is 0 Å². The molecule has 1 aromatic carbocycles. The van der Waals surface area contributed by atoms with Crippen molar-refractivity contribution in [3.05, 3.63) is 29.8 Å². The highest BCUT2D eigenvalue weighted by atomic mass is 16.2. The molecule has 1 aromatic rings. The van der Waals surface area contributed by atoms with E-state index >= 15 is 0 Å². The molecule has 0 radical (unpaired) electrons. The average Bonchev–Trinajstić information content (AvgIpc) is 2.63. The second-order valence-corrected chi connectivity index (χ2v) is 5.93. The number of para-hydroxylation sites is 1. The van der Waals surface area contributed by atoms with Gasteiger partial charge in [-0.2, -0.15) is 0 Å². The molecule has 0 aromatic heterocycles. The van der Waals surface area contributed by atoms with E-state index in [1.165, 1.54) is 4.90 Å². The Labute approximate surface area is 113 Å². The molecule has 1 aliphatic carbocycles. The molecule has 3 heteroatoms. The van der Waals surface area contributed by atoms with E-state index in [2.05, 4.69) is 6.92 Å². The summed E-state index contributed by atoms with van der Waals surface area (Å²) in [5, 5.41) is 0. The highest BCUT2D eigenvalue weighted by Gasteiger charge is 2.50. The van der Waals surface area contributed by atoms with Crippen molar-refractivity contribution in [2.45, 2.75) is 33.1 Å². The molecule has 0 bridgehead atoms. The van der Waals surface area contributed by atoms with Crippen LogP contribution in [0.3, 0.4) is 0 Å². The van der Waals surface area contributed by atoms with Crippen LogP contribution in [0.1, 0.15) is 31.7 Å². The smallest absolute Gasteiger partial charge is 0.237 e. The van der Waals surface area contributed by atoms with Gasteiger partial charge in [0.1, 0.15) is 0 Å². The maximum Gasteiger partial charge on any atom is 0.237 e. The van der Waals surface area contributed by atoms with E-state index in [4.69, 9.17) is 0 Å². The summed E-state index contributed by atoms with van der Waals surface area (Å²) in [4.78, 5) is 26.5. The molecule has 0 unspecified atom stereocenters. The average molecular weight is 257 g/mol. The number of rotatable bonds is 1. The maximum atomic E-state index is 12.6. The van der Waals surface area contributed by atoms with Crippen LogP contribution in [0.15, 0.2) is 24.3 Å². The number of anilines is 1. The van der Waals surface area contributed by atoms with Crippen molar-refractivity contribution in [1.29, 1.82) is 0 Å². The third kappa shape index (κ3) is 1.88. The van der Waals surface area contributed by atoms with Crippen LogP contribution in [-0.4, -0.2) is 11.8 Å². The Hall–Kier alpha value is -1.64. The number of aryl methyl sites for hydroxylation is 1. The van der Waals surface area contributed by atoms with Gasteiger partial charge >= 0.3 is 0 Å². The van der Waals surface area contributed by atoms with Crippen LogP contribution < -0.4 is 4.90 Å². The summed E-state index contributed by atoms with van der Waals surface area (Å²) in [6, 6.07) is 7.62. The largest absolute Gasteiger partial charge is 0.274 e. The molecule has 3 atom stereocenters. The van der Waals surface area contributed by atoms with Gasteiger partial charge in [-0.1, -0.05) is 25.1 Å². The Bertz CT molecular complexity index is 537. The molecule has 100 valence electrons. The van der Waals surface area contributed by atoms with Crippen molar-refractivity contribution in [2.75, 3.05) is 4.90 Å². The standard InChI is InChI=1S/C16H19NO2/c1-10-7-8-12-13(9-10)16(19)17(15(12)18)14-6-4-3-5-11(14)2/h3-6,10,12-13H,7-9H2,1-2H3/t10-,12+,13-/m0/s1. The highest BCUT2D eigenvalue weighted by molar-refractivity contribution is 6.22. The fourth-order valence-electron chi connectivity index (χ4n) is 3.44. The SMILES string of the molecule is Cc1ccccc1N1C(=O)[C@H]2C[C@@H](C)CC[C@H]2C1=O. The van der Waals surface area contributed by atoms with Crippen molar-refractivity contribution in [3.8, 4) is 0 Å². The minimum atomic E-state index is -0.0872. The lowest BCUT2D eigenvalue weighted by molar-refractivity contribution is -0.122. The predicted octanol–water partition coefficient (Wildman–Crippen LogP) is 2.92. The third-order valence-electron chi connectivity index (χ3n) is 4.54. The first-order valence-corrected chi connectivity index (χ1v) is 7.03. The van der Waals surface area contributed by atoms with Crippen LogP contribution >= 0.6 is 0 Å². The number of hydrogen-bond donors (Lipinski definition) is 0. The van der Waals surface area contributed by atoms with Crippen molar-refractivity contribution < 1.29 is 9.59 Å². The summed E-state index contributed by atoms with van der Waals surface area (Å²) < 4.78 is 0. The molecule has 0 spiro atoms. The van der Waals surface area contributed by atoms with E-state index in [1.54, 1.807) is 0 Å². The van der Waals surface area contributed by atoms with Crippen molar-refractivity contribution >= 4 is 17.5 Å². The number of carbonyl (C=O) groups is 2. The summed E-state index contributed by atoms with van der Waals surface area (Å²) in [6.07, 6.45) is 2.78. The number of benzene rings is 1. The lowest BCUT2D eigenvalue weighted by Crippen LogP contribution is -2.31. The molecule has 0 N–H and O–H groups in total. The van der Waals surface area contributed by atoms with E-state index in [1.807, 2.05) is 31.2 Å². The Balaban J connectivity index is 1.98. The number of amides is 2. The summed E-state index contributed by atoms with van der Waals surface area (Å²) in [6.45, 7) is 4.12. The second kappa shape index (κ2) is 4.48. The van der Waals surface area contributed by atoms with Gasteiger partial charge in [0.2, 0.25) is 11.8 Å². The van der Waals surface area contributed by atoms with Crippen molar-refractivity contribution in [1.82, 2.24) is 0 Å². The molecule has 2 amide bonds. The van der Waals surface area contributed by atoms with Gasteiger partial charge in [0.25, 0.3) is 0 Å². The Morgan fingerprint density at radius 2 is 1.74 bits per heavy atom.